The van der Waals surface area contributed by atoms with E-state index < -0.39 is 0 Å². The van der Waals surface area contributed by atoms with E-state index in [9.17, 15) is 5.11 Å². The molecule has 2 rings (SSSR count). The van der Waals surface area contributed by atoms with E-state index in [0.29, 0.717) is 29.7 Å². The molecule has 0 spiro atoms. The van der Waals surface area contributed by atoms with E-state index in [1.807, 2.05) is 50.2 Å². The highest BCUT2D eigenvalue weighted by Crippen LogP contribution is 2.28. The zero-order chi connectivity index (χ0) is 14.5. The Hall–Kier alpha value is -1.87. The highest BCUT2D eigenvalue weighted by atomic mass is 35.5. The number of anilines is 1. The molecule has 20 heavy (non-hydrogen) atoms. The molecule has 0 saturated heterocycles. The third kappa shape index (κ3) is 3.36. The first-order valence-corrected chi connectivity index (χ1v) is 6.93. The summed E-state index contributed by atoms with van der Waals surface area (Å²) in [6.07, 6.45) is 0. The Kier molecular flexibility index (Phi) is 4.74. The quantitative estimate of drug-likeness (QED) is 0.860. The van der Waals surface area contributed by atoms with Gasteiger partial charge in [0, 0.05) is 17.8 Å². The van der Waals surface area contributed by atoms with E-state index in [4.69, 9.17) is 16.3 Å². The smallest absolute Gasteiger partial charge is 0.138 e. The number of hydrogen-bond donors (Lipinski definition) is 2. The van der Waals surface area contributed by atoms with Gasteiger partial charge in [0.1, 0.15) is 11.5 Å². The van der Waals surface area contributed by atoms with Gasteiger partial charge in [-0.2, -0.15) is 0 Å². The second-order valence-electron chi connectivity index (χ2n) is 4.51. The second-order valence-corrected chi connectivity index (χ2v) is 4.92. The van der Waals surface area contributed by atoms with Crippen LogP contribution in [0, 0.1) is 6.92 Å². The molecule has 0 aliphatic carbocycles. The predicted octanol–water partition coefficient (Wildman–Crippen LogP) is 4.36. The number of rotatable bonds is 5. The number of phenolic OH excluding ortho intramolecular Hbond substituents is 1. The van der Waals surface area contributed by atoms with Crippen molar-refractivity contribution in [1.82, 2.24) is 0 Å². The van der Waals surface area contributed by atoms with Gasteiger partial charge >= 0.3 is 0 Å². The van der Waals surface area contributed by atoms with Crippen molar-refractivity contribution in [3.05, 3.63) is 52.5 Å². The van der Waals surface area contributed by atoms with Crippen molar-refractivity contribution in [2.75, 3.05) is 11.9 Å². The lowest BCUT2D eigenvalue weighted by molar-refractivity contribution is 0.340. The number of phenols is 1. The zero-order valence-electron chi connectivity index (χ0n) is 11.6. The van der Waals surface area contributed by atoms with Gasteiger partial charge in [0.2, 0.25) is 0 Å². The fraction of sp³-hybridized carbons (Fsp3) is 0.250. The molecular formula is C16H18ClNO2. The molecule has 0 radical (unpaired) electrons. The summed E-state index contributed by atoms with van der Waals surface area (Å²) < 4.78 is 5.39. The lowest BCUT2D eigenvalue weighted by Gasteiger charge is -2.11. The van der Waals surface area contributed by atoms with Gasteiger partial charge in [-0.1, -0.05) is 29.8 Å². The van der Waals surface area contributed by atoms with Crippen LogP contribution in [0.5, 0.6) is 11.5 Å². The second kappa shape index (κ2) is 6.53. The summed E-state index contributed by atoms with van der Waals surface area (Å²) in [6, 6.07) is 11.3. The number of hydrogen-bond acceptors (Lipinski definition) is 3. The zero-order valence-corrected chi connectivity index (χ0v) is 12.4. The molecule has 0 fully saturated rings. The molecule has 0 bridgehead atoms. The molecule has 3 nitrogen and oxygen atoms in total. The van der Waals surface area contributed by atoms with Crippen LogP contribution in [-0.2, 0) is 6.54 Å². The van der Waals surface area contributed by atoms with Crippen LogP contribution >= 0.6 is 11.6 Å². The molecule has 0 atom stereocenters. The van der Waals surface area contributed by atoms with Gasteiger partial charge in [-0.15, -0.1) is 0 Å². The van der Waals surface area contributed by atoms with Crippen LogP contribution in [-0.4, -0.2) is 11.7 Å². The third-order valence-corrected chi connectivity index (χ3v) is 3.33. The normalized spacial score (nSPS) is 10.3. The summed E-state index contributed by atoms with van der Waals surface area (Å²) in [7, 11) is 0. The van der Waals surface area contributed by atoms with E-state index in [2.05, 4.69) is 5.32 Å². The minimum atomic E-state index is 0.331. The fourth-order valence-electron chi connectivity index (χ4n) is 1.94. The third-order valence-electron chi connectivity index (χ3n) is 3.04. The highest BCUT2D eigenvalue weighted by Gasteiger charge is 2.05. The summed E-state index contributed by atoms with van der Waals surface area (Å²) in [5, 5.41) is 13.8. The van der Waals surface area contributed by atoms with Crippen molar-refractivity contribution in [2.45, 2.75) is 20.4 Å². The molecule has 2 aromatic rings. The van der Waals surface area contributed by atoms with Crippen molar-refractivity contribution in [3.8, 4) is 11.5 Å². The predicted molar refractivity (Wildman–Crippen MR) is 82.8 cm³/mol. The van der Waals surface area contributed by atoms with Crippen LogP contribution in [0.15, 0.2) is 36.4 Å². The maximum absolute atomic E-state index is 9.96. The van der Waals surface area contributed by atoms with Gasteiger partial charge < -0.3 is 15.2 Å². The molecule has 2 N–H and O–H groups in total. The summed E-state index contributed by atoms with van der Waals surface area (Å²) in [4.78, 5) is 0. The first-order chi connectivity index (χ1) is 9.61. The number of aromatic hydroxyl groups is 1. The minimum Gasteiger partial charge on any atom is -0.507 e. The van der Waals surface area contributed by atoms with Crippen LogP contribution < -0.4 is 10.1 Å². The van der Waals surface area contributed by atoms with Gasteiger partial charge in [0.05, 0.1) is 11.6 Å². The lowest BCUT2D eigenvalue weighted by atomic mass is 10.1. The Morgan fingerprint density at radius 3 is 2.75 bits per heavy atom. The molecular weight excluding hydrogens is 274 g/mol. The Balaban J connectivity index is 2.07. The Labute approximate surface area is 124 Å². The van der Waals surface area contributed by atoms with E-state index in [1.54, 1.807) is 0 Å². The van der Waals surface area contributed by atoms with Crippen LogP contribution in [0.4, 0.5) is 5.69 Å². The average molecular weight is 292 g/mol. The van der Waals surface area contributed by atoms with Gasteiger partial charge in [-0.3, -0.25) is 0 Å². The summed E-state index contributed by atoms with van der Waals surface area (Å²) in [6.45, 7) is 4.93. The summed E-state index contributed by atoms with van der Waals surface area (Å²) in [5.41, 5.74) is 2.61. The minimum absolute atomic E-state index is 0.331. The summed E-state index contributed by atoms with van der Waals surface area (Å²) in [5.74, 6) is 1.01. The molecule has 0 amide bonds. The van der Waals surface area contributed by atoms with Crippen LogP contribution in [0.25, 0.3) is 0 Å². The Bertz CT molecular complexity index is 599. The SMILES string of the molecule is CCOc1ccc(NCc2cccc(C)c2O)cc1Cl. The van der Waals surface area contributed by atoms with E-state index in [1.165, 1.54) is 0 Å². The number of ether oxygens (including phenoxy) is 1. The molecule has 106 valence electrons. The number of halogens is 1. The first kappa shape index (κ1) is 14.5. The average Bonchev–Trinajstić information content (AvgIpc) is 2.43. The molecule has 0 aliphatic heterocycles. The number of aryl methyl sites for hydroxylation is 1. The lowest BCUT2D eigenvalue weighted by Crippen LogP contribution is -2.01. The van der Waals surface area contributed by atoms with Gasteiger partial charge in [-0.05, 0) is 37.6 Å². The van der Waals surface area contributed by atoms with Gasteiger partial charge in [0.15, 0.2) is 0 Å². The monoisotopic (exact) mass is 291 g/mol. The maximum atomic E-state index is 9.96. The molecule has 0 aliphatic rings. The van der Waals surface area contributed by atoms with Crippen molar-refractivity contribution in [3.63, 3.8) is 0 Å². The van der Waals surface area contributed by atoms with Crippen LogP contribution in [0.1, 0.15) is 18.1 Å². The highest BCUT2D eigenvalue weighted by molar-refractivity contribution is 6.32. The first-order valence-electron chi connectivity index (χ1n) is 6.55. The van der Waals surface area contributed by atoms with Crippen LogP contribution in [0.3, 0.4) is 0 Å². The number of nitrogens with one attached hydrogen (secondary N) is 1. The van der Waals surface area contributed by atoms with Crippen molar-refractivity contribution >= 4 is 17.3 Å². The fourth-order valence-corrected chi connectivity index (χ4v) is 2.18. The Morgan fingerprint density at radius 1 is 1.25 bits per heavy atom. The van der Waals surface area contributed by atoms with Gasteiger partial charge in [0.25, 0.3) is 0 Å². The van der Waals surface area contributed by atoms with E-state index in [-0.39, 0.29) is 0 Å². The van der Waals surface area contributed by atoms with E-state index >= 15 is 0 Å². The maximum Gasteiger partial charge on any atom is 0.138 e. The topological polar surface area (TPSA) is 41.5 Å². The standard InChI is InChI=1S/C16H18ClNO2/c1-3-20-15-8-7-13(9-14(15)17)18-10-12-6-4-5-11(2)16(12)19/h4-9,18-19H,3,10H2,1-2H3. The summed E-state index contributed by atoms with van der Waals surface area (Å²) >= 11 is 6.13. The number of benzene rings is 2. The van der Waals surface area contributed by atoms with E-state index in [0.717, 1.165) is 16.8 Å². The molecule has 0 unspecified atom stereocenters. The molecule has 0 heterocycles. The molecule has 0 aromatic heterocycles. The van der Waals surface area contributed by atoms with Crippen LogP contribution in [0.2, 0.25) is 5.02 Å². The molecule has 2 aromatic carbocycles. The van der Waals surface area contributed by atoms with Crippen molar-refractivity contribution in [2.24, 2.45) is 0 Å². The van der Waals surface area contributed by atoms with Crippen molar-refractivity contribution < 1.29 is 9.84 Å². The molecule has 4 heteroatoms. The largest absolute Gasteiger partial charge is 0.507 e. The molecule has 0 saturated carbocycles. The number of para-hydroxylation sites is 1. The van der Waals surface area contributed by atoms with Gasteiger partial charge in [-0.25, -0.2) is 0 Å². The van der Waals surface area contributed by atoms with Crippen molar-refractivity contribution in [1.29, 1.82) is 0 Å². The Morgan fingerprint density at radius 2 is 2.05 bits per heavy atom.